The quantitative estimate of drug-likeness (QED) is 0.717. The van der Waals surface area contributed by atoms with E-state index < -0.39 is 6.04 Å². The van der Waals surface area contributed by atoms with Gasteiger partial charge in [0.05, 0.1) is 0 Å². The number of carbonyl (C=O) groups is 2. The van der Waals surface area contributed by atoms with Crippen molar-refractivity contribution in [3.63, 3.8) is 0 Å². The summed E-state index contributed by atoms with van der Waals surface area (Å²) >= 11 is 0. The highest BCUT2D eigenvalue weighted by Gasteiger charge is 2.43. The van der Waals surface area contributed by atoms with E-state index in [1.54, 1.807) is 4.90 Å². The summed E-state index contributed by atoms with van der Waals surface area (Å²) < 4.78 is 1.84. The van der Waals surface area contributed by atoms with Crippen molar-refractivity contribution in [1.29, 1.82) is 0 Å². The first-order chi connectivity index (χ1) is 13.5. The fraction of sp³-hybridized carbons (Fsp3) is 0.174. The minimum atomic E-state index is -0.746. The number of benzene rings is 2. The van der Waals surface area contributed by atoms with Gasteiger partial charge in [0, 0.05) is 23.5 Å². The second-order valence-corrected chi connectivity index (χ2v) is 7.12. The number of hydrogen-bond donors (Lipinski definition) is 1. The summed E-state index contributed by atoms with van der Waals surface area (Å²) in [7, 11) is 0. The van der Waals surface area contributed by atoms with Crippen LogP contribution in [0.1, 0.15) is 22.9 Å². The van der Waals surface area contributed by atoms with Crippen LogP contribution >= 0.6 is 0 Å². The summed E-state index contributed by atoms with van der Waals surface area (Å²) in [4.78, 5) is 28.0. The van der Waals surface area contributed by atoms with Gasteiger partial charge in [-0.2, -0.15) is 4.57 Å². The molecule has 0 fully saturated rings. The zero-order valence-electron chi connectivity index (χ0n) is 15.9. The van der Waals surface area contributed by atoms with Crippen LogP contribution in [0.25, 0.3) is 0 Å². The Morgan fingerprint density at radius 3 is 2.39 bits per heavy atom. The number of hydrogen-bond acceptors (Lipinski definition) is 2. The van der Waals surface area contributed by atoms with Gasteiger partial charge in [0.25, 0.3) is 11.8 Å². The fourth-order valence-corrected chi connectivity index (χ4v) is 3.75. The lowest BCUT2D eigenvalue weighted by atomic mass is 10.0. The molecule has 0 aliphatic carbocycles. The monoisotopic (exact) mass is 372 g/mol. The Morgan fingerprint density at radius 1 is 1.00 bits per heavy atom. The molecule has 0 saturated heterocycles. The Balaban J connectivity index is 1.81. The molecule has 3 aromatic rings. The number of nitrogens with zero attached hydrogens (tertiary/aromatic N) is 2. The highest BCUT2D eigenvalue weighted by Crippen LogP contribution is 2.31. The molecule has 4 rings (SSSR count). The summed E-state index contributed by atoms with van der Waals surface area (Å²) in [6.07, 6.45) is 1.84. The van der Waals surface area contributed by atoms with Crippen molar-refractivity contribution in [3.8, 4) is 0 Å². The van der Waals surface area contributed by atoms with Crippen LogP contribution in [0, 0.1) is 13.8 Å². The third kappa shape index (κ3) is 3.39. The number of aryl methyl sites for hydroxylation is 2. The van der Waals surface area contributed by atoms with Gasteiger partial charge >= 0.3 is 0 Å². The molecular formula is C23H22N3O2+. The van der Waals surface area contributed by atoms with Gasteiger partial charge in [0.1, 0.15) is 0 Å². The predicted molar refractivity (Wildman–Crippen MR) is 108 cm³/mol. The van der Waals surface area contributed by atoms with E-state index in [0.717, 1.165) is 22.5 Å². The molecule has 5 heteroatoms. The SMILES string of the molecule is Cc1cc(C)cc(N2C(=O)C[n+]3ccccc3[C@H]2C(=O)Nc2ccccc2)c1. The number of pyridine rings is 1. The highest BCUT2D eigenvalue weighted by molar-refractivity contribution is 6.05. The Labute approximate surface area is 164 Å². The van der Waals surface area contributed by atoms with E-state index in [9.17, 15) is 9.59 Å². The first kappa shape index (κ1) is 17.9. The molecule has 1 atom stereocenters. The van der Waals surface area contributed by atoms with Crippen LogP contribution in [0.5, 0.6) is 0 Å². The summed E-state index contributed by atoms with van der Waals surface area (Å²) in [5, 5.41) is 2.96. The van der Waals surface area contributed by atoms with E-state index in [4.69, 9.17) is 0 Å². The summed E-state index contributed by atoms with van der Waals surface area (Å²) in [6.45, 7) is 4.19. The van der Waals surface area contributed by atoms with Crippen molar-refractivity contribution in [2.75, 3.05) is 10.2 Å². The molecule has 140 valence electrons. The number of para-hydroxylation sites is 1. The lowest BCUT2D eigenvalue weighted by molar-refractivity contribution is -0.695. The van der Waals surface area contributed by atoms with Gasteiger partial charge in [-0.15, -0.1) is 0 Å². The maximum atomic E-state index is 13.3. The van der Waals surface area contributed by atoms with Crippen molar-refractivity contribution in [2.24, 2.45) is 0 Å². The Hall–Kier alpha value is -3.47. The van der Waals surface area contributed by atoms with Crippen molar-refractivity contribution in [2.45, 2.75) is 26.4 Å². The van der Waals surface area contributed by atoms with Crippen LogP contribution in [0.3, 0.4) is 0 Å². The largest absolute Gasteiger partial charge is 0.324 e. The van der Waals surface area contributed by atoms with Crippen LogP contribution in [0.4, 0.5) is 11.4 Å². The van der Waals surface area contributed by atoms with Crippen molar-refractivity contribution in [3.05, 3.63) is 89.7 Å². The van der Waals surface area contributed by atoms with E-state index in [2.05, 4.69) is 11.4 Å². The topological polar surface area (TPSA) is 53.3 Å². The van der Waals surface area contributed by atoms with E-state index in [1.165, 1.54) is 0 Å². The molecule has 2 heterocycles. The lowest BCUT2D eigenvalue weighted by Gasteiger charge is -2.32. The summed E-state index contributed by atoms with van der Waals surface area (Å²) in [5.74, 6) is -0.347. The molecule has 28 heavy (non-hydrogen) atoms. The third-order valence-electron chi connectivity index (χ3n) is 4.86. The van der Waals surface area contributed by atoms with Crippen LogP contribution < -0.4 is 14.8 Å². The molecule has 0 radical (unpaired) electrons. The molecule has 0 bridgehead atoms. The average molecular weight is 372 g/mol. The minimum absolute atomic E-state index is 0.109. The number of fused-ring (bicyclic) bond motifs is 1. The lowest BCUT2D eigenvalue weighted by Crippen LogP contribution is -2.58. The molecule has 1 N–H and O–H groups in total. The molecule has 0 spiro atoms. The molecule has 1 aromatic heterocycles. The second kappa shape index (κ2) is 7.27. The number of carbonyl (C=O) groups excluding carboxylic acids is 2. The Bertz CT molecular complexity index is 1030. The predicted octanol–water partition coefficient (Wildman–Crippen LogP) is 3.32. The Kier molecular flexibility index (Phi) is 4.65. The van der Waals surface area contributed by atoms with Gasteiger partial charge in [0.2, 0.25) is 18.3 Å². The summed E-state index contributed by atoms with van der Waals surface area (Å²) in [6, 6.07) is 20.2. The van der Waals surface area contributed by atoms with E-state index in [0.29, 0.717) is 5.69 Å². The molecule has 1 aliphatic rings. The normalized spacial score (nSPS) is 15.9. The van der Waals surface area contributed by atoms with Crippen LogP contribution in [0.15, 0.2) is 72.9 Å². The maximum Gasteiger partial charge on any atom is 0.294 e. The average Bonchev–Trinajstić information content (AvgIpc) is 2.66. The molecule has 2 amide bonds. The van der Waals surface area contributed by atoms with E-state index in [1.807, 2.05) is 85.3 Å². The third-order valence-corrected chi connectivity index (χ3v) is 4.86. The first-order valence-corrected chi connectivity index (χ1v) is 9.27. The van der Waals surface area contributed by atoms with Gasteiger partial charge in [-0.25, -0.2) is 0 Å². The number of aromatic nitrogens is 1. The van der Waals surface area contributed by atoms with E-state index in [-0.39, 0.29) is 18.4 Å². The molecule has 1 aliphatic heterocycles. The van der Waals surface area contributed by atoms with Crippen LogP contribution in [0.2, 0.25) is 0 Å². The molecule has 0 unspecified atom stereocenters. The van der Waals surface area contributed by atoms with Crippen molar-refractivity contribution < 1.29 is 14.2 Å². The van der Waals surface area contributed by atoms with Crippen molar-refractivity contribution in [1.82, 2.24) is 0 Å². The number of rotatable bonds is 3. The van der Waals surface area contributed by atoms with Crippen LogP contribution in [-0.4, -0.2) is 11.8 Å². The smallest absolute Gasteiger partial charge is 0.294 e. The van der Waals surface area contributed by atoms with Gasteiger partial charge in [0.15, 0.2) is 6.20 Å². The maximum absolute atomic E-state index is 13.3. The van der Waals surface area contributed by atoms with E-state index >= 15 is 0 Å². The van der Waals surface area contributed by atoms with Gasteiger partial charge < -0.3 is 5.32 Å². The van der Waals surface area contributed by atoms with Gasteiger partial charge in [-0.05, 0) is 49.2 Å². The van der Waals surface area contributed by atoms with Gasteiger partial charge in [-0.3, -0.25) is 14.5 Å². The number of nitrogens with one attached hydrogen (secondary N) is 1. The minimum Gasteiger partial charge on any atom is -0.324 e. The van der Waals surface area contributed by atoms with Crippen LogP contribution in [-0.2, 0) is 16.1 Å². The highest BCUT2D eigenvalue weighted by atomic mass is 16.2. The molecule has 2 aromatic carbocycles. The Morgan fingerprint density at radius 2 is 1.68 bits per heavy atom. The first-order valence-electron chi connectivity index (χ1n) is 9.27. The number of amides is 2. The standard InChI is InChI=1S/C23H21N3O2/c1-16-12-17(2)14-19(13-16)26-21(27)15-25-11-7-6-10-20(25)22(26)23(28)24-18-8-4-3-5-9-18/h3-14,22H,15H2,1-2H3/p+1/t22-/m0/s1. The second-order valence-electron chi connectivity index (χ2n) is 7.12. The molecular weight excluding hydrogens is 350 g/mol. The van der Waals surface area contributed by atoms with Gasteiger partial charge in [-0.1, -0.05) is 30.3 Å². The zero-order chi connectivity index (χ0) is 19.7. The molecule has 0 saturated carbocycles. The summed E-state index contributed by atoms with van der Waals surface area (Å²) in [5.41, 5.74) is 4.34. The fourth-order valence-electron chi connectivity index (χ4n) is 3.75. The zero-order valence-corrected chi connectivity index (χ0v) is 15.9. The number of anilines is 2. The molecule has 5 nitrogen and oxygen atoms in total. The van der Waals surface area contributed by atoms with Crippen molar-refractivity contribution >= 4 is 23.2 Å².